The number of halogens is 3. The first-order valence-corrected chi connectivity index (χ1v) is 10.4. The molecule has 2 aromatic heterocycles. The molecule has 0 aliphatic carbocycles. The van der Waals surface area contributed by atoms with E-state index in [0.29, 0.717) is 39.9 Å². The van der Waals surface area contributed by atoms with E-state index < -0.39 is 11.9 Å². The smallest absolute Gasteiger partial charge is 0.491 e. The van der Waals surface area contributed by atoms with Gasteiger partial charge in [-0.05, 0) is 42.0 Å². The zero-order valence-corrected chi connectivity index (χ0v) is 18.0. The zero-order valence-electron chi connectivity index (χ0n) is 18.0. The number of pyridine rings is 1. The largest absolute Gasteiger partial charge is 0.573 e. The number of carbonyl (C=O) groups is 1. The second-order valence-electron chi connectivity index (χ2n) is 7.92. The van der Waals surface area contributed by atoms with E-state index in [1.807, 2.05) is 6.07 Å². The quantitative estimate of drug-likeness (QED) is 0.483. The summed E-state index contributed by atoms with van der Waals surface area (Å²) in [4.78, 5) is 18.1. The number of alkyl halides is 3. The minimum Gasteiger partial charge on any atom is -0.491 e. The topological polar surface area (TPSA) is 78.3 Å². The Balaban J connectivity index is 1.59. The Morgan fingerprint density at radius 2 is 1.94 bits per heavy atom. The van der Waals surface area contributed by atoms with Crippen molar-refractivity contribution < 1.29 is 27.4 Å². The summed E-state index contributed by atoms with van der Waals surface area (Å²) >= 11 is 0. The number of carbonyl (C=O) groups excluding carboxylic acids is 1. The Labute approximate surface area is 192 Å². The molecule has 174 valence electrons. The third kappa shape index (κ3) is 3.91. The Bertz CT molecular complexity index is 1370. The number of rotatable bonds is 4. The molecule has 3 heterocycles. The van der Waals surface area contributed by atoms with Gasteiger partial charge in [0.1, 0.15) is 22.7 Å². The van der Waals surface area contributed by atoms with Gasteiger partial charge in [0.2, 0.25) is 0 Å². The lowest BCUT2D eigenvalue weighted by Crippen LogP contribution is -2.50. The molecule has 1 atom stereocenters. The fourth-order valence-corrected chi connectivity index (χ4v) is 4.30. The maximum atomic E-state index is 13.6. The van der Waals surface area contributed by atoms with Crippen molar-refractivity contribution in [2.24, 2.45) is 7.05 Å². The van der Waals surface area contributed by atoms with Gasteiger partial charge in [0.25, 0.3) is 5.91 Å². The van der Waals surface area contributed by atoms with E-state index in [2.05, 4.69) is 20.1 Å². The highest BCUT2D eigenvalue weighted by Crippen LogP contribution is 2.41. The fourth-order valence-electron chi connectivity index (χ4n) is 4.30. The van der Waals surface area contributed by atoms with Crippen LogP contribution in [0.1, 0.15) is 28.0 Å². The first-order chi connectivity index (χ1) is 16.2. The molecule has 1 aliphatic rings. The third-order valence-corrected chi connectivity index (χ3v) is 5.73. The van der Waals surface area contributed by atoms with E-state index >= 15 is 0 Å². The van der Waals surface area contributed by atoms with E-state index in [1.165, 1.54) is 24.3 Å². The molecule has 0 fully saturated rings. The lowest BCUT2D eigenvalue weighted by Gasteiger charge is -2.39. The van der Waals surface area contributed by atoms with Gasteiger partial charge < -0.3 is 14.8 Å². The van der Waals surface area contributed by atoms with Gasteiger partial charge in [-0.2, -0.15) is 5.10 Å². The summed E-state index contributed by atoms with van der Waals surface area (Å²) in [5.74, 6) is -0.233. The molecule has 1 aliphatic heterocycles. The van der Waals surface area contributed by atoms with Crippen molar-refractivity contribution in [3.63, 3.8) is 0 Å². The molecule has 0 unspecified atom stereocenters. The number of ether oxygens (including phenoxy) is 2. The van der Waals surface area contributed by atoms with E-state index in [1.54, 1.807) is 48.4 Å². The minimum absolute atomic E-state index is 0.275. The molecule has 1 N–H and O–H groups in total. The minimum atomic E-state index is -4.80. The summed E-state index contributed by atoms with van der Waals surface area (Å²) < 4.78 is 49.3. The molecule has 4 aromatic rings. The van der Waals surface area contributed by atoms with E-state index in [0.717, 1.165) is 0 Å². The molecule has 2 aromatic carbocycles. The highest BCUT2D eigenvalue weighted by molar-refractivity contribution is 6.06. The van der Waals surface area contributed by atoms with Gasteiger partial charge in [-0.1, -0.05) is 18.2 Å². The van der Waals surface area contributed by atoms with Gasteiger partial charge in [-0.15, -0.1) is 13.2 Å². The van der Waals surface area contributed by atoms with Crippen LogP contribution < -0.4 is 14.8 Å². The molecule has 0 spiro atoms. The summed E-state index contributed by atoms with van der Waals surface area (Å²) in [6.45, 7) is 0.275. The number of aromatic nitrogens is 3. The second kappa shape index (κ2) is 8.05. The van der Waals surface area contributed by atoms with Crippen molar-refractivity contribution in [2.45, 2.75) is 18.3 Å². The van der Waals surface area contributed by atoms with E-state index in [9.17, 15) is 18.0 Å². The lowest BCUT2D eigenvalue weighted by atomic mass is 9.81. The van der Waals surface area contributed by atoms with Crippen LogP contribution in [0.4, 0.5) is 13.2 Å². The summed E-state index contributed by atoms with van der Waals surface area (Å²) in [5, 5.41) is 8.14. The van der Waals surface area contributed by atoms with Crippen LogP contribution in [0.2, 0.25) is 0 Å². The average molecular weight is 468 g/mol. The van der Waals surface area contributed by atoms with Crippen molar-refractivity contribution in [1.82, 2.24) is 20.1 Å². The standard InChI is InChI=1S/C24H19F3N4O3/c1-31-14-18-17(4-2-5-19(18)30-31)22(32)29-23(11-13-33-20-6-3-12-28-21(20)23)15-7-9-16(10-8-15)34-24(25,26)27/h2-10,12,14H,11,13H2,1H3,(H,29,32)/t23-/m0/s1. The van der Waals surface area contributed by atoms with Gasteiger partial charge in [-0.3, -0.25) is 14.5 Å². The Morgan fingerprint density at radius 3 is 2.71 bits per heavy atom. The predicted octanol–water partition coefficient (Wildman–Crippen LogP) is 4.32. The summed E-state index contributed by atoms with van der Waals surface area (Å²) in [6, 6.07) is 14.1. The predicted molar refractivity (Wildman–Crippen MR) is 116 cm³/mol. The van der Waals surface area contributed by atoms with Crippen LogP contribution in [0.15, 0.2) is 67.0 Å². The summed E-state index contributed by atoms with van der Waals surface area (Å²) in [5.41, 5.74) is 0.983. The maximum Gasteiger partial charge on any atom is 0.573 e. The molecular formula is C24H19F3N4O3. The van der Waals surface area contributed by atoms with Crippen LogP contribution in [0.3, 0.4) is 0 Å². The molecule has 0 bridgehead atoms. The highest BCUT2D eigenvalue weighted by Gasteiger charge is 2.43. The van der Waals surface area contributed by atoms with Gasteiger partial charge in [0.15, 0.2) is 0 Å². The van der Waals surface area contributed by atoms with Crippen molar-refractivity contribution in [2.75, 3.05) is 6.61 Å². The van der Waals surface area contributed by atoms with Crippen molar-refractivity contribution in [3.05, 3.63) is 83.8 Å². The van der Waals surface area contributed by atoms with Crippen LogP contribution in [0, 0.1) is 0 Å². The Kier molecular flexibility index (Phi) is 5.15. The lowest BCUT2D eigenvalue weighted by molar-refractivity contribution is -0.274. The number of hydrogen-bond acceptors (Lipinski definition) is 5. The molecule has 0 saturated heterocycles. The second-order valence-corrected chi connectivity index (χ2v) is 7.92. The number of amides is 1. The zero-order chi connectivity index (χ0) is 23.9. The molecule has 5 rings (SSSR count). The molecule has 0 saturated carbocycles. The number of nitrogens with zero attached hydrogens (tertiary/aromatic N) is 3. The van der Waals surface area contributed by atoms with Crippen molar-refractivity contribution >= 4 is 16.8 Å². The van der Waals surface area contributed by atoms with Crippen molar-refractivity contribution in [1.29, 1.82) is 0 Å². The Morgan fingerprint density at radius 1 is 1.15 bits per heavy atom. The monoisotopic (exact) mass is 468 g/mol. The van der Waals surface area contributed by atoms with Crippen LogP contribution in [0.25, 0.3) is 10.9 Å². The number of benzene rings is 2. The first-order valence-electron chi connectivity index (χ1n) is 10.4. The third-order valence-electron chi connectivity index (χ3n) is 5.73. The number of aryl methyl sites for hydroxylation is 1. The molecule has 7 nitrogen and oxygen atoms in total. The molecule has 1 amide bonds. The number of fused-ring (bicyclic) bond motifs is 2. The van der Waals surface area contributed by atoms with Crippen LogP contribution >= 0.6 is 0 Å². The maximum absolute atomic E-state index is 13.6. The SMILES string of the molecule is Cn1cc2c(C(=O)N[C@]3(c4ccc(OC(F)(F)F)cc4)CCOc4cccnc43)cccc2n1. The van der Waals surface area contributed by atoms with E-state index in [4.69, 9.17) is 4.74 Å². The number of hydrogen-bond donors (Lipinski definition) is 1. The summed E-state index contributed by atoms with van der Waals surface area (Å²) in [6.07, 6.45) is -1.14. The molecular weight excluding hydrogens is 449 g/mol. The fraction of sp³-hybridized carbons (Fsp3) is 0.208. The van der Waals surface area contributed by atoms with Crippen molar-refractivity contribution in [3.8, 4) is 11.5 Å². The first kappa shape index (κ1) is 21.7. The normalized spacial score (nSPS) is 17.6. The summed E-state index contributed by atoms with van der Waals surface area (Å²) in [7, 11) is 1.77. The van der Waals surface area contributed by atoms with E-state index in [-0.39, 0.29) is 18.3 Å². The van der Waals surface area contributed by atoms with Gasteiger partial charge in [0, 0.05) is 31.2 Å². The Hall–Kier alpha value is -4.08. The van der Waals surface area contributed by atoms with Gasteiger partial charge in [0.05, 0.1) is 17.7 Å². The van der Waals surface area contributed by atoms with Crippen LogP contribution in [-0.4, -0.2) is 33.6 Å². The average Bonchev–Trinajstić information content (AvgIpc) is 3.19. The molecule has 10 heteroatoms. The van der Waals surface area contributed by atoms with Crippen LogP contribution in [-0.2, 0) is 12.6 Å². The van der Waals surface area contributed by atoms with Gasteiger partial charge >= 0.3 is 6.36 Å². The molecule has 0 radical (unpaired) electrons. The highest BCUT2D eigenvalue weighted by atomic mass is 19.4. The van der Waals surface area contributed by atoms with Gasteiger partial charge in [-0.25, -0.2) is 0 Å². The number of nitrogens with one attached hydrogen (secondary N) is 1. The molecule has 34 heavy (non-hydrogen) atoms. The van der Waals surface area contributed by atoms with Crippen LogP contribution in [0.5, 0.6) is 11.5 Å².